The Morgan fingerprint density at radius 1 is 0.939 bits per heavy atom. The zero-order chi connectivity index (χ0) is 23.6. The van der Waals surface area contributed by atoms with Gasteiger partial charge in [0.05, 0.1) is 5.69 Å². The molecule has 1 aliphatic rings. The molecule has 0 saturated carbocycles. The van der Waals surface area contributed by atoms with Crippen molar-refractivity contribution in [2.45, 2.75) is 19.4 Å². The Morgan fingerprint density at radius 2 is 1.61 bits per heavy atom. The summed E-state index contributed by atoms with van der Waals surface area (Å²) in [6.45, 7) is 2.91. The number of fused-ring (bicyclic) bond motifs is 1. The fourth-order valence-corrected chi connectivity index (χ4v) is 3.47. The van der Waals surface area contributed by atoms with Crippen LogP contribution in [0.1, 0.15) is 24.2 Å². The molecule has 3 aromatic carbocycles. The highest BCUT2D eigenvalue weighted by atomic mass is 19.1. The van der Waals surface area contributed by atoms with Crippen molar-refractivity contribution in [1.29, 1.82) is 0 Å². The summed E-state index contributed by atoms with van der Waals surface area (Å²) in [5, 5.41) is 5.44. The van der Waals surface area contributed by atoms with Crippen LogP contribution in [0.25, 0.3) is 0 Å². The van der Waals surface area contributed by atoms with Crippen LogP contribution < -0.4 is 20.3 Å². The van der Waals surface area contributed by atoms with Crippen LogP contribution in [-0.4, -0.2) is 29.9 Å². The first-order chi connectivity index (χ1) is 15.7. The molecular weight excluding hydrogens is 425 g/mol. The van der Waals surface area contributed by atoms with E-state index in [2.05, 4.69) is 10.6 Å². The predicted molar refractivity (Wildman–Crippen MR) is 123 cm³/mol. The second-order valence-corrected chi connectivity index (χ2v) is 8.06. The Bertz CT molecular complexity index is 1210. The van der Waals surface area contributed by atoms with E-state index >= 15 is 0 Å². The molecule has 168 valence electrons. The largest absolute Gasteiger partial charge is 0.476 e. The molecule has 0 atom stereocenters. The summed E-state index contributed by atoms with van der Waals surface area (Å²) in [6, 6.07) is 19.0. The number of benzene rings is 3. The molecule has 3 aromatic rings. The van der Waals surface area contributed by atoms with Crippen LogP contribution in [0.5, 0.6) is 5.75 Å². The molecule has 7 nitrogen and oxygen atoms in total. The molecule has 0 aliphatic carbocycles. The third-order valence-electron chi connectivity index (χ3n) is 5.10. The number of anilines is 3. The number of hydrogen-bond donors (Lipinski definition) is 2. The molecule has 8 heteroatoms. The first-order valence-electron chi connectivity index (χ1n) is 10.3. The van der Waals surface area contributed by atoms with E-state index in [4.69, 9.17) is 4.74 Å². The maximum atomic E-state index is 13.1. The molecule has 0 saturated heterocycles. The van der Waals surface area contributed by atoms with E-state index in [-0.39, 0.29) is 12.5 Å². The average molecular weight is 447 g/mol. The minimum Gasteiger partial charge on any atom is -0.476 e. The Hall–Kier alpha value is -4.20. The first-order valence-corrected chi connectivity index (χ1v) is 10.3. The van der Waals surface area contributed by atoms with Gasteiger partial charge in [-0.1, -0.05) is 18.2 Å². The van der Waals surface area contributed by atoms with Crippen LogP contribution >= 0.6 is 0 Å². The highest BCUT2D eigenvalue weighted by molar-refractivity contribution is 6.10. The molecule has 2 N–H and O–H groups in total. The van der Waals surface area contributed by atoms with Crippen molar-refractivity contribution in [2.24, 2.45) is 0 Å². The number of para-hydroxylation sites is 1. The summed E-state index contributed by atoms with van der Waals surface area (Å²) in [7, 11) is 0. The van der Waals surface area contributed by atoms with Gasteiger partial charge in [0.25, 0.3) is 11.8 Å². The van der Waals surface area contributed by atoms with E-state index in [9.17, 15) is 18.8 Å². The van der Waals surface area contributed by atoms with Crippen molar-refractivity contribution in [2.75, 3.05) is 22.1 Å². The lowest BCUT2D eigenvalue weighted by Crippen LogP contribution is -2.54. The second-order valence-electron chi connectivity index (χ2n) is 8.06. The number of carbonyl (C=O) groups excluding carboxylic acids is 3. The van der Waals surface area contributed by atoms with Gasteiger partial charge in [-0.15, -0.1) is 0 Å². The summed E-state index contributed by atoms with van der Waals surface area (Å²) >= 11 is 0. The predicted octanol–water partition coefficient (Wildman–Crippen LogP) is 4.22. The van der Waals surface area contributed by atoms with E-state index in [0.717, 1.165) is 0 Å². The number of nitrogens with one attached hydrogen (secondary N) is 2. The van der Waals surface area contributed by atoms with Crippen LogP contribution in [0.3, 0.4) is 0 Å². The van der Waals surface area contributed by atoms with Gasteiger partial charge < -0.3 is 15.4 Å². The topological polar surface area (TPSA) is 87.7 Å². The second kappa shape index (κ2) is 8.74. The van der Waals surface area contributed by atoms with Gasteiger partial charge in [0.1, 0.15) is 18.1 Å². The van der Waals surface area contributed by atoms with Crippen molar-refractivity contribution < 1.29 is 23.5 Å². The zero-order valence-electron chi connectivity index (χ0n) is 18.1. The molecule has 0 aromatic heterocycles. The zero-order valence-corrected chi connectivity index (χ0v) is 18.1. The summed E-state index contributed by atoms with van der Waals surface area (Å²) in [5.74, 6) is -1.31. The van der Waals surface area contributed by atoms with Gasteiger partial charge in [-0.05, 0) is 68.4 Å². The monoisotopic (exact) mass is 447 g/mol. The van der Waals surface area contributed by atoms with Gasteiger partial charge in [0.15, 0.2) is 5.60 Å². The third-order valence-corrected chi connectivity index (χ3v) is 5.10. The Morgan fingerprint density at radius 3 is 2.30 bits per heavy atom. The van der Waals surface area contributed by atoms with Crippen LogP contribution in [0.2, 0.25) is 0 Å². The number of ether oxygens (including phenoxy) is 1. The molecule has 33 heavy (non-hydrogen) atoms. The van der Waals surface area contributed by atoms with Crippen molar-refractivity contribution in [3.05, 3.63) is 84.2 Å². The molecule has 0 fully saturated rings. The molecule has 4 rings (SSSR count). The van der Waals surface area contributed by atoms with E-state index in [0.29, 0.717) is 28.4 Å². The maximum Gasteiger partial charge on any atom is 0.271 e. The number of carbonyl (C=O) groups is 3. The summed E-state index contributed by atoms with van der Waals surface area (Å²) in [6.07, 6.45) is 0. The maximum absolute atomic E-state index is 13.1. The number of halogens is 1. The number of amides is 3. The van der Waals surface area contributed by atoms with Gasteiger partial charge in [-0.3, -0.25) is 19.3 Å². The molecule has 0 bridgehead atoms. The van der Waals surface area contributed by atoms with E-state index in [1.165, 1.54) is 35.2 Å². The minimum absolute atomic E-state index is 0.303. The standard InChI is InChI=1S/C25H22FN3O4/c1-25(2)24(32)29(15-22(30)27-19-11-9-17(26)10-12-19)20-14-16(8-13-21(20)33-25)23(31)28-18-6-4-3-5-7-18/h3-14H,15H2,1-2H3,(H,27,30)(H,28,31). The molecule has 3 amide bonds. The summed E-state index contributed by atoms with van der Waals surface area (Å²) in [5.41, 5.74) is 0.450. The lowest BCUT2D eigenvalue weighted by atomic mass is 10.0. The van der Waals surface area contributed by atoms with Gasteiger partial charge in [0, 0.05) is 16.9 Å². The van der Waals surface area contributed by atoms with Crippen molar-refractivity contribution in [3.63, 3.8) is 0 Å². The molecular formula is C25H22FN3O4. The fourth-order valence-electron chi connectivity index (χ4n) is 3.47. The first kappa shape index (κ1) is 22.0. The highest BCUT2D eigenvalue weighted by Crippen LogP contribution is 2.38. The van der Waals surface area contributed by atoms with Crippen molar-refractivity contribution in [1.82, 2.24) is 0 Å². The number of hydrogen-bond acceptors (Lipinski definition) is 4. The molecule has 1 aliphatic heterocycles. The summed E-state index contributed by atoms with van der Waals surface area (Å²) < 4.78 is 19.0. The van der Waals surface area contributed by atoms with Crippen LogP contribution in [0.15, 0.2) is 72.8 Å². The molecule has 0 radical (unpaired) electrons. The van der Waals surface area contributed by atoms with Gasteiger partial charge in [-0.2, -0.15) is 0 Å². The highest BCUT2D eigenvalue weighted by Gasteiger charge is 2.41. The minimum atomic E-state index is -1.20. The number of rotatable bonds is 5. The van der Waals surface area contributed by atoms with E-state index in [1.807, 2.05) is 6.07 Å². The Kier molecular flexibility index (Phi) is 5.83. The van der Waals surface area contributed by atoms with Gasteiger partial charge in [-0.25, -0.2) is 4.39 Å². The lowest BCUT2D eigenvalue weighted by Gasteiger charge is -2.38. The SMILES string of the molecule is CC1(C)Oc2ccc(C(=O)Nc3ccccc3)cc2N(CC(=O)Nc2ccc(F)cc2)C1=O. The molecule has 0 unspecified atom stereocenters. The summed E-state index contributed by atoms with van der Waals surface area (Å²) in [4.78, 5) is 39.8. The molecule has 1 heterocycles. The van der Waals surface area contributed by atoms with E-state index in [1.54, 1.807) is 50.2 Å². The molecule has 0 spiro atoms. The van der Waals surface area contributed by atoms with Crippen LogP contribution in [0, 0.1) is 5.82 Å². The number of nitrogens with zero attached hydrogens (tertiary/aromatic N) is 1. The third kappa shape index (κ3) is 4.85. The Labute approximate surface area is 190 Å². The smallest absolute Gasteiger partial charge is 0.271 e. The van der Waals surface area contributed by atoms with Crippen LogP contribution in [0.4, 0.5) is 21.5 Å². The fraction of sp³-hybridized carbons (Fsp3) is 0.160. The lowest BCUT2D eigenvalue weighted by molar-refractivity contribution is -0.133. The average Bonchev–Trinajstić information content (AvgIpc) is 2.78. The van der Waals surface area contributed by atoms with Crippen molar-refractivity contribution >= 4 is 34.8 Å². The quantitative estimate of drug-likeness (QED) is 0.613. The van der Waals surface area contributed by atoms with E-state index < -0.39 is 23.2 Å². The Balaban J connectivity index is 1.59. The van der Waals surface area contributed by atoms with Gasteiger partial charge in [0.2, 0.25) is 5.91 Å². The van der Waals surface area contributed by atoms with Crippen LogP contribution in [-0.2, 0) is 9.59 Å². The normalized spacial score (nSPS) is 14.2. The van der Waals surface area contributed by atoms with Crippen molar-refractivity contribution in [3.8, 4) is 5.75 Å². The van der Waals surface area contributed by atoms with Gasteiger partial charge >= 0.3 is 0 Å².